The predicted molar refractivity (Wildman–Crippen MR) is 68.0 cm³/mol. The number of nitrogens with one attached hydrogen (secondary N) is 1. The molecule has 0 bridgehead atoms. The third kappa shape index (κ3) is 5.34. The zero-order chi connectivity index (χ0) is 14.4. The average Bonchev–Trinajstić information content (AvgIpc) is 2.30. The fourth-order valence-corrected chi connectivity index (χ4v) is 1.88. The zero-order valence-corrected chi connectivity index (χ0v) is 11.4. The molecule has 1 atom stereocenters. The Bertz CT molecular complexity index is 468. The molecule has 0 aliphatic rings. The summed E-state index contributed by atoms with van der Waals surface area (Å²) < 4.78 is 25.0. The van der Waals surface area contributed by atoms with Gasteiger partial charge in [0.2, 0.25) is 12.3 Å². The standard InChI is InChI=1S/C12H12BrF2NO3/c13-8-4-2-1-3-7(8)5-11(17)16-9(12(18)19)6-10(14)15/h1-4,9-10H,5-6H2,(H,16,17)(H,18,19). The van der Waals surface area contributed by atoms with E-state index in [2.05, 4.69) is 21.2 Å². The van der Waals surface area contributed by atoms with Gasteiger partial charge in [0.1, 0.15) is 6.04 Å². The molecule has 7 heteroatoms. The third-order valence-electron chi connectivity index (χ3n) is 2.36. The number of alkyl halides is 2. The molecule has 1 aromatic carbocycles. The van der Waals surface area contributed by atoms with E-state index in [0.29, 0.717) is 10.0 Å². The van der Waals surface area contributed by atoms with E-state index in [-0.39, 0.29) is 6.42 Å². The number of carboxylic acids is 1. The van der Waals surface area contributed by atoms with Crippen LogP contribution in [-0.2, 0) is 16.0 Å². The minimum Gasteiger partial charge on any atom is -0.480 e. The van der Waals surface area contributed by atoms with Gasteiger partial charge in [0.25, 0.3) is 0 Å². The second-order valence-corrected chi connectivity index (χ2v) is 4.71. The fraction of sp³-hybridized carbons (Fsp3) is 0.333. The van der Waals surface area contributed by atoms with Crippen molar-refractivity contribution in [2.45, 2.75) is 25.3 Å². The van der Waals surface area contributed by atoms with Crippen molar-refractivity contribution >= 4 is 27.8 Å². The van der Waals surface area contributed by atoms with E-state index < -0.39 is 30.8 Å². The molecule has 2 N–H and O–H groups in total. The highest BCUT2D eigenvalue weighted by Crippen LogP contribution is 2.16. The summed E-state index contributed by atoms with van der Waals surface area (Å²) in [6.45, 7) is 0. The van der Waals surface area contributed by atoms with Crippen molar-refractivity contribution in [2.75, 3.05) is 0 Å². The second kappa shape index (κ2) is 7.18. The summed E-state index contributed by atoms with van der Waals surface area (Å²) in [5.41, 5.74) is 0.654. The molecule has 104 valence electrons. The first-order valence-electron chi connectivity index (χ1n) is 5.44. The maximum absolute atomic E-state index is 12.2. The van der Waals surface area contributed by atoms with Crippen LogP contribution in [0.5, 0.6) is 0 Å². The molecule has 0 fully saturated rings. The SMILES string of the molecule is O=C(Cc1ccccc1Br)NC(CC(F)F)C(=O)O. The van der Waals surface area contributed by atoms with E-state index in [1.807, 2.05) is 0 Å². The number of rotatable bonds is 6. The van der Waals surface area contributed by atoms with Crippen molar-refractivity contribution in [3.05, 3.63) is 34.3 Å². The van der Waals surface area contributed by atoms with Gasteiger partial charge in [0, 0.05) is 10.9 Å². The lowest BCUT2D eigenvalue weighted by atomic mass is 10.1. The Labute approximate surface area is 116 Å². The molecule has 1 rings (SSSR count). The summed E-state index contributed by atoms with van der Waals surface area (Å²) in [5, 5.41) is 10.8. The second-order valence-electron chi connectivity index (χ2n) is 3.85. The fourth-order valence-electron chi connectivity index (χ4n) is 1.46. The Morgan fingerprint density at radius 3 is 2.47 bits per heavy atom. The number of carbonyl (C=O) groups is 2. The number of benzene rings is 1. The van der Waals surface area contributed by atoms with Crippen LogP contribution in [-0.4, -0.2) is 29.5 Å². The predicted octanol–water partition coefficient (Wildman–Crippen LogP) is 2.22. The van der Waals surface area contributed by atoms with Crippen molar-refractivity contribution in [1.82, 2.24) is 5.32 Å². The quantitative estimate of drug-likeness (QED) is 0.837. The smallest absolute Gasteiger partial charge is 0.326 e. The molecule has 0 aliphatic carbocycles. The third-order valence-corrected chi connectivity index (χ3v) is 3.13. The minimum absolute atomic E-state index is 0.0750. The number of carbonyl (C=O) groups excluding carboxylic acids is 1. The average molecular weight is 336 g/mol. The van der Waals surface area contributed by atoms with E-state index in [1.54, 1.807) is 24.3 Å². The summed E-state index contributed by atoms with van der Waals surface area (Å²) >= 11 is 3.24. The summed E-state index contributed by atoms with van der Waals surface area (Å²) in [6.07, 6.45) is -3.77. The highest BCUT2D eigenvalue weighted by atomic mass is 79.9. The van der Waals surface area contributed by atoms with E-state index in [1.165, 1.54) is 0 Å². The number of halogens is 3. The molecule has 0 spiro atoms. The number of carboxylic acid groups (broad SMARTS) is 1. The summed E-state index contributed by atoms with van der Waals surface area (Å²) in [7, 11) is 0. The Morgan fingerprint density at radius 1 is 1.32 bits per heavy atom. The normalized spacial score (nSPS) is 12.2. The molecule has 0 radical (unpaired) electrons. The van der Waals surface area contributed by atoms with E-state index in [0.717, 1.165) is 0 Å². The van der Waals surface area contributed by atoms with Crippen molar-refractivity contribution < 1.29 is 23.5 Å². The first-order valence-corrected chi connectivity index (χ1v) is 6.23. The first kappa shape index (κ1) is 15.6. The molecule has 0 saturated heterocycles. The van der Waals surface area contributed by atoms with Crippen molar-refractivity contribution in [2.24, 2.45) is 0 Å². The molecule has 1 unspecified atom stereocenters. The molecular weight excluding hydrogens is 324 g/mol. The van der Waals surface area contributed by atoms with Crippen LogP contribution in [0.15, 0.2) is 28.7 Å². The van der Waals surface area contributed by atoms with Crippen molar-refractivity contribution in [3.8, 4) is 0 Å². The molecule has 0 aliphatic heterocycles. The van der Waals surface area contributed by atoms with Crippen LogP contribution < -0.4 is 5.32 Å². The van der Waals surface area contributed by atoms with E-state index in [9.17, 15) is 18.4 Å². The first-order chi connectivity index (χ1) is 8.90. The Morgan fingerprint density at radius 2 is 1.95 bits per heavy atom. The Balaban J connectivity index is 2.63. The van der Waals surface area contributed by atoms with Crippen LogP contribution in [0.2, 0.25) is 0 Å². The number of hydrogen-bond donors (Lipinski definition) is 2. The summed E-state index contributed by atoms with van der Waals surface area (Å²) in [6, 6.07) is 5.34. The largest absolute Gasteiger partial charge is 0.480 e. The van der Waals surface area contributed by atoms with Gasteiger partial charge in [-0.25, -0.2) is 13.6 Å². The lowest BCUT2D eigenvalue weighted by Gasteiger charge is -2.14. The lowest BCUT2D eigenvalue weighted by Crippen LogP contribution is -2.42. The van der Waals surface area contributed by atoms with Crippen molar-refractivity contribution in [3.63, 3.8) is 0 Å². The maximum atomic E-state index is 12.2. The Kier molecular flexibility index (Phi) is 5.88. The van der Waals surface area contributed by atoms with Crippen LogP contribution in [0.1, 0.15) is 12.0 Å². The monoisotopic (exact) mass is 335 g/mol. The highest BCUT2D eigenvalue weighted by Gasteiger charge is 2.24. The van der Waals surface area contributed by atoms with Gasteiger partial charge in [-0.05, 0) is 11.6 Å². The van der Waals surface area contributed by atoms with Gasteiger partial charge in [-0.3, -0.25) is 4.79 Å². The number of hydrogen-bond acceptors (Lipinski definition) is 2. The van der Waals surface area contributed by atoms with Crippen LogP contribution >= 0.6 is 15.9 Å². The van der Waals surface area contributed by atoms with Crippen LogP contribution in [0.4, 0.5) is 8.78 Å². The highest BCUT2D eigenvalue weighted by molar-refractivity contribution is 9.10. The number of amides is 1. The molecular formula is C12H12BrF2NO3. The van der Waals surface area contributed by atoms with Crippen LogP contribution in [0.3, 0.4) is 0 Å². The van der Waals surface area contributed by atoms with Gasteiger partial charge < -0.3 is 10.4 Å². The molecule has 19 heavy (non-hydrogen) atoms. The van der Waals surface area contributed by atoms with Gasteiger partial charge in [0.05, 0.1) is 6.42 Å². The van der Waals surface area contributed by atoms with Crippen LogP contribution in [0.25, 0.3) is 0 Å². The summed E-state index contributed by atoms with van der Waals surface area (Å²) in [4.78, 5) is 22.4. The Hall–Kier alpha value is -1.50. The van der Waals surface area contributed by atoms with Crippen molar-refractivity contribution in [1.29, 1.82) is 0 Å². The number of aliphatic carboxylic acids is 1. The lowest BCUT2D eigenvalue weighted by molar-refractivity contribution is -0.142. The van der Waals surface area contributed by atoms with Gasteiger partial charge in [0.15, 0.2) is 0 Å². The molecule has 1 amide bonds. The van der Waals surface area contributed by atoms with Gasteiger partial charge in [-0.1, -0.05) is 34.1 Å². The molecule has 0 heterocycles. The minimum atomic E-state index is -2.79. The summed E-state index contributed by atoms with van der Waals surface area (Å²) in [5.74, 6) is -2.08. The van der Waals surface area contributed by atoms with E-state index >= 15 is 0 Å². The molecule has 0 saturated carbocycles. The van der Waals surface area contributed by atoms with Crippen LogP contribution in [0, 0.1) is 0 Å². The zero-order valence-electron chi connectivity index (χ0n) is 9.78. The maximum Gasteiger partial charge on any atom is 0.326 e. The molecule has 0 aromatic heterocycles. The topological polar surface area (TPSA) is 66.4 Å². The molecule has 1 aromatic rings. The van der Waals surface area contributed by atoms with E-state index in [4.69, 9.17) is 5.11 Å². The van der Waals surface area contributed by atoms with Gasteiger partial charge >= 0.3 is 5.97 Å². The van der Waals surface area contributed by atoms with Gasteiger partial charge in [-0.2, -0.15) is 0 Å². The molecule has 4 nitrogen and oxygen atoms in total. The van der Waals surface area contributed by atoms with Gasteiger partial charge in [-0.15, -0.1) is 0 Å².